The van der Waals surface area contributed by atoms with E-state index in [1.165, 1.54) is 6.07 Å². The van der Waals surface area contributed by atoms with Gasteiger partial charge in [0, 0.05) is 37.0 Å². The van der Waals surface area contributed by atoms with Crippen LogP contribution in [0.5, 0.6) is 0 Å². The quantitative estimate of drug-likeness (QED) is 0.272. The van der Waals surface area contributed by atoms with Gasteiger partial charge in [0.25, 0.3) is 5.91 Å². The third-order valence-corrected chi connectivity index (χ3v) is 5.77. The number of anilines is 2. The van der Waals surface area contributed by atoms with Gasteiger partial charge in [0.1, 0.15) is 5.03 Å². The highest BCUT2D eigenvalue weighted by Gasteiger charge is 2.07. The number of pyridine rings is 1. The average molecular weight is 406 g/mol. The molecule has 1 aromatic carbocycles. The Morgan fingerprint density at radius 1 is 1.04 bits per heavy atom. The molecular formula is C18H23N5O2S2. The van der Waals surface area contributed by atoms with Gasteiger partial charge in [0.05, 0.1) is 11.4 Å². The Morgan fingerprint density at radius 3 is 2.63 bits per heavy atom. The van der Waals surface area contributed by atoms with Crippen LogP contribution < -0.4 is 22.1 Å². The van der Waals surface area contributed by atoms with Gasteiger partial charge in [-0.05, 0) is 47.5 Å². The number of nitrogens with zero attached hydrogens (tertiary/aromatic N) is 1. The maximum atomic E-state index is 12.0. The Morgan fingerprint density at radius 2 is 1.89 bits per heavy atom. The first kappa shape index (κ1) is 20.9. The minimum Gasteiger partial charge on any atom is -0.397 e. The van der Waals surface area contributed by atoms with Gasteiger partial charge in [0.2, 0.25) is 5.91 Å². The third kappa shape index (κ3) is 7.79. The smallest absolute Gasteiger partial charge is 0.251 e. The van der Waals surface area contributed by atoms with E-state index >= 15 is 0 Å². The number of nitrogens with one attached hydrogen (secondary N) is 2. The molecular weight excluding hydrogens is 382 g/mol. The maximum absolute atomic E-state index is 12.0. The highest BCUT2D eigenvalue weighted by Crippen LogP contribution is 2.28. The van der Waals surface area contributed by atoms with Crippen molar-refractivity contribution in [3.63, 3.8) is 0 Å². The first-order valence-electron chi connectivity index (χ1n) is 8.46. The summed E-state index contributed by atoms with van der Waals surface area (Å²) in [6.45, 7) is 1.02. The van der Waals surface area contributed by atoms with Crippen molar-refractivity contribution in [1.82, 2.24) is 15.6 Å². The summed E-state index contributed by atoms with van der Waals surface area (Å²) in [6, 6.07) is 10.5. The van der Waals surface area contributed by atoms with E-state index in [0.717, 1.165) is 10.8 Å². The van der Waals surface area contributed by atoms with E-state index in [4.69, 9.17) is 11.5 Å². The van der Waals surface area contributed by atoms with Crippen LogP contribution in [0.25, 0.3) is 0 Å². The minimum absolute atomic E-state index is 0.0237. The van der Waals surface area contributed by atoms with E-state index in [2.05, 4.69) is 15.6 Å². The Balaban J connectivity index is 1.52. The van der Waals surface area contributed by atoms with Gasteiger partial charge in [-0.3, -0.25) is 9.59 Å². The number of benzene rings is 1. The predicted molar refractivity (Wildman–Crippen MR) is 112 cm³/mol. The zero-order valence-corrected chi connectivity index (χ0v) is 16.4. The zero-order chi connectivity index (χ0) is 19.5. The lowest BCUT2D eigenvalue weighted by Gasteiger charge is -2.07. The van der Waals surface area contributed by atoms with Gasteiger partial charge >= 0.3 is 0 Å². The summed E-state index contributed by atoms with van der Waals surface area (Å²) in [6.07, 6.45) is 2.69. The molecule has 0 saturated carbocycles. The van der Waals surface area contributed by atoms with Gasteiger partial charge in [-0.2, -0.15) is 0 Å². The van der Waals surface area contributed by atoms with E-state index < -0.39 is 0 Å². The Labute approximate surface area is 166 Å². The molecule has 0 aliphatic carbocycles. The highest BCUT2D eigenvalue weighted by molar-refractivity contribution is 8.76. The molecule has 2 amide bonds. The summed E-state index contributed by atoms with van der Waals surface area (Å²) in [5.74, 6) is 0.539. The Bertz CT molecular complexity index is 759. The third-order valence-electron chi connectivity index (χ3n) is 3.50. The topological polar surface area (TPSA) is 123 Å². The normalized spacial score (nSPS) is 10.4. The van der Waals surface area contributed by atoms with Crippen LogP contribution in [-0.4, -0.2) is 35.6 Å². The molecule has 0 unspecified atom stereocenters. The molecule has 0 aliphatic heterocycles. The lowest BCUT2D eigenvalue weighted by molar-refractivity contribution is -0.121. The summed E-state index contributed by atoms with van der Waals surface area (Å²) in [7, 11) is 3.23. The van der Waals surface area contributed by atoms with Crippen LogP contribution in [0.2, 0.25) is 0 Å². The van der Waals surface area contributed by atoms with Crippen molar-refractivity contribution < 1.29 is 9.59 Å². The molecule has 1 aromatic heterocycles. The summed E-state index contributed by atoms with van der Waals surface area (Å²) < 4.78 is 0. The average Bonchev–Trinajstić information content (AvgIpc) is 2.67. The van der Waals surface area contributed by atoms with E-state index in [0.29, 0.717) is 42.9 Å². The fraction of sp³-hybridized carbons (Fsp3) is 0.278. The second-order valence-corrected chi connectivity index (χ2v) is 8.06. The number of nitrogen functional groups attached to an aromatic ring is 2. The molecule has 2 aromatic rings. The van der Waals surface area contributed by atoms with Crippen molar-refractivity contribution in [2.75, 3.05) is 30.3 Å². The SMILES string of the molecule is Nc1ccc(C(=O)NCCCC(=O)NCCSSc2ccccn2)cc1N. The van der Waals surface area contributed by atoms with Crippen LogP contribution in [0, 0.1) is 0 Å². The van der Waals surface area contributed by atoms with Crippen molar-refractivity contribution in [1.29, 1.82) is 0 Å². The lowest BCUT2D eigenvalue weighted by Crippen LogP contribution is -2.28. The number of rotatable bonds is 10. The summed E-state index contributed by atoms with van der Waals surface area (Å²) in [4.78, 5) is 28.0. The molecule has 2 rings (SSSR count). The van der Waals surface area contributed by atoms with Crippen LogP contribution >= 0.6 is 21.6 Å². The van der Waals surface area contributed by atoms with Gasteiger partial charge in [-0.25, -0.2) is 4.98 Å². The molecule has 0 spiro atoms. The summed E-state index contributed by atoms with van der Waals surface area (Å²) in [5.41, 5.74) is 12.6. The van der Waals surface area contributed by atoms with Crippen molar-refractivity contribution in [2.45, 2.75) is 17.9 Å². The summed E-state index contributed by atoms with van der Waals surface area (Å²) in [5, 5.41) is 6.58. The lowest BCUT2D eigenvalue weighted by atomic mass is 10.1. The minimum atomic E-state index is -0.231. The van der Waals surface area contributed by atoms with Crippen molar-refractivity contribution in [3.05, 3.63) is 48.2 Å². The molecule has 0 atom stereocenters. The molecule has 9 heteroatoms. The van der Waals surface area contributed by atoms with Gasteiger partial charge in [-0.1, -0.05) is 16.9 Å². The second-order valence-electron chi connectivity index (χ2n) is 5.63. The number of hydrogen-bond donors (Lipinski definition) is 4. The molecule has 7 nitrogen and oxygen atoms in total. The zero-order valence-electron chi connectivity index (χ0n) is 14.8. The maximum Gasteiger partial charge on any atom is 0.251 e. The number of hydrogen-bond acceptors (Lipinski definition) is 7. The van der Waals surface area contributed by atoms with Crippen molar-refractivity contribution in [2.24, 2.45) is 0 Å². The second kappa shape index (κ2) is 11.3. The first-order valence-corrected chi connectivity index (χ1v) is 10.8. The number of amides is 2. The van der Waals surface area contributed by atoms with Gasteiger partial charge < -0.3 is 22.1 Å². The van der Waals surface area contributed by atoms with Crippen LogP contribution in [0.3, 0.4) is 0 Å². The number of carbonyl (C=O) groups excluding carboxylic acids is 2. The number of nitrogens with two attached hydrogens (primary N) is 2. The van der Waals surface area contributed by atoms with Crippen LogP contribution in [-0.2, 0) is 4.79 Å². The van der Waals surface area contributed by atoms with E-state index in [1.807, 2.05) is 18.2 Å². The Kier molecular flexibility index (Phi) is 8.79. The monoisotopic (exact) mass is 405 g/mol. The van der Waals surface area contributed by atoms with Crippen molar-refractivity contribution >= 4 is 44.8 Å². The standard InChI is InChI=1S/C18H23N5O2S2/c19-14-7-6-13(12-15(14)20)18(25)23-9-3-4-16(24)21-10-11-26-27-17-5-1-2-8-22-17/h1-2,5-8,12H,3-4,9-11,19-20H2,(H,21,24)(H,23,25). The molecule has 0 fully saturated rings. The van der Waals surface area contributed by atoms with Crippen LogP contribution in [0.4, 0.5) is 11.4 Å². The number of carbonyl (C=O) groups is 2. The largest absolute Gasteiger partial charge is 0.397 e. The molecule has 0 bridgehead atoms. The fourth-order valence-corrected chi connectivity index (χ4v) is 3.87. The van der Waals surface area contributed by atoms with Gasteiger partial charge in [-0.15, -0.1) is 0 Å². The molecule has 0 radical (unpaired) electrons. The van der Waals surface area contributed by atoms with E-state index in [1.54, 1.807) is 39.9 Å². The van der Waals surface area contributed by atoms with E-state index in [9.17, 15) is 9.59 Å². The highest BCUT2D eigenvalue weighted by atomic mass is 33.1. The van der Waals surface area contributed by atoms with Crippen LogP contribution in [0.15, 0.2) is 47.6 Å². The number of aromatic nitrogens is 1. The molecule has 27 heavy (non-hydrogen) atoms. The Hall–Kier alpha value is -2.39. The molecule has 0 aliphatic rings. The van der Waals surface area contributed by atoms with Crippen molar-refractivity contribution in [3.8, 4) is 0 Å². The molecule has 0 saturated heterocycles. The van der Waals surface area contributed by atoms with Crippen LogP contribution in [0.1, 0.15) is 23.2 Å². The first-order chi connectivity index (χ1) is 13.1. The molecule has 6 N–H and O–H groups in total. The molecule has 144 valence electrons. The summed E-state index contributed by atoms with van der Waals surface area (Å²) >= 11 is 0. The van der Waals surface area contributed by atoms with Gasteiger partial charge in [0.15, 0.2) is 0 Å². The predicted octanol–water partition coefficient (Wildman–Crippen LogP) is 2.31. The van der Waals surface area contributed by atoms with E-state index in [-0.39, 0.29) is 11.8 Å². The fourth-order valence-electron chi connectivity index (χ4n) is 2.09. The molecule has 1 heterocycles.